The van der Waals surface area contributed by atoms with Gasteiger partial charge in [-0.3, -0.25) is 14.7 Å². The number of pyridine rings is 1. The van der Waals surface area contributed by atoms with Crippen molar-refractivity contribution in [3.05, 3.63) is 66.0 Å². The van der Waals surface area contributed by atoms with E-state index in [1.165, 1.54) is 25.7 Å². The van der Waals surface area contributed by atoms with Crippen LogP contribution in [0.4, 0.5) is 4.79 Å². The highest BCUT2D eigenvalue weighted by Gasteiger charge is 2.58. The summed E-state index contributed by atoms with van der Waals surface area (Å²) in [5.41, 5.74) is 1.88. The molecule has 2 aliphatic heterocycles. The third-order valence-corrected chi connectivity index (χ3v) is 8.70. The molecule has 0 bridgehead atoms. The summed E-state index contributed by atoms with van der Waals surface area (Å²) < 4.78 is 0. The van der Waals surface area contributed by atoms with Crippen molar-refractivity contribution >= 4 is 11.9 Å². The molecule has 1 spiro atoms. The molecule has 2 saturated heterocycles. The maximum Gasteiger partial charge on any atom is 0.327 e. The maximum absolute atomic E-state index is 14.0. The van der Waals surface area contributed by atoms with Gasteiger partial charge in [0, 0.05) is 44.6 Å². The molecule has 6 heteroatoms. The van der Waals surface area contributed by atoms with Crippen molar-refractivity contribution in [3.63, 3.8) is 0 Å². The van der Waals surface area contributed by atoms with Gasteiger partial charge < -0.3 is 9.80 Å². The summed E-state index contributed by atoms with van der Waals surface area (Å²) in [6.07, 6.45) is 11.7. The Hall–Kier alpha value is -2.73. The first-order chi connectivity index (χ1) is 17.4. The predicted molar refractivity (Wildman–Crippen MR) is 141 cm³/mol. The Morgan fingerprint density at radius 2 is 1.72 bits per heavy atom. The van der Waals surface area contributed by atoms with Crippen molar-refractivity contribution in [3.8, 4) is 0 Å². The molecule has 6 nitrogen and oxygen atoms in total. The smallest absolute Gasteiger partial charge is 0.305 e. The quantitative estimate of drug-likeness (QED) is 0.498. The summed E-state index contributed by atoms with van der Waals surface area (Å²) >= 11 is 0. The van der Waals surface area contributed by atoms with Crippen molar-refractivity contribution < 1.29 is 9.59 Å². The maximum atomic E-state index is 14.0. The summed E-state index contributed by atoms with van der Waals surface area (Å²) in [5, 5.41) is 0. The van der Waals surface area contributed by atoms with Crippen molar-refractivity contribution in [2.24, 2.45) is 5.41 Å². The Kier molecular flexibility index (Phi) is 7.16. The highest BCUT2D eigenvalue weighted by atomic mass is 16.2. The molecule has 1 aromatic heterocycles. The Morgan fingerprint density at radius 1 is 0.972 bits per heavy atom. The summed E-state index contributed by atoms with van der Waals surface area (Å²) in [5.74, 6) is 0.0123. The average molecular weight is 489 g/mol. The molecule has 1 saturated carbocycles. The molecule has 1 atom stereocenters. The van der Waals surface area contributed by atoms with Crippen LogP contribution in [0.25, 0.3) is 0 Å². The zero-order chi connectivity index (χ0) is 25.2. The first-order valence-electron chi connectivity index (χ1n) is 13.7. The van der Waals surface area contributed by atoms with E-state index >= 15 is 0 Å². The number of hydrogen-bond acceptors (Lipinski definition) is 4. The van der Waals surface area contributed by atoms with Crippen molar-refractivity contribution in [1.29, 1.82) is 0 Å². The third kappa shape index (κ3) is 5.06. The van der Waals surface area contributed by atoms with E-state index < -0.39 is 5.54 Å². The van der Waals surface area contributed by atoms with E-state index in [0.717, 1.165) is 49.9 Å². The number of nitrogens with zero attached hydrogens (tertiary/aromatic N) is 4. The second kappa shape index (κ2) is 10.3. The normalized spacial score (nSPS) is 24.0. The monoisotopic (exact) mass is 488 g/mol. The number of carbonyl (C=O) groups is 2. The van der Waals surface area contributed by atoms with E-state index in [0.29, 0.717) is 24.5 Å². The minimum Gasteiger partial charge on any atom is -0.305 e. The minimum atomic E-state index is -0.720. The summed E-state index contributed by atoms with van der Waals surface area (Å²) in [6.45, 7) is 7.48. The van der Waals surface area contributed by atoms with E-state index in [1.54, 1.807) is 11.1 Å². The highest BCUT2D eigenvalue weighted by molar-refractivity contribution is 6.07. The number of hydrogen-bond donors (Lipinski definition) is 0. The summed E-state index contributed by atoms with van der Waals surface area (Å²) in [7, 11) is 0. The van der Waals surface area contributed by atoms with Crippen LogP contribution in [-0.4, -0.2) is 62.8 Å². The number of carbonyl (C=O) groups excluding carboxylic acids is 2. The van der Waals surface area contributed by atoms with Gasteiger partial charge in [-0.2, -0.15) is 0 Å². The molecule has 3 fully saturated rings. The lowest BCUT2D eigenvalue weighted by molar-refractivity contribution is -0.136. The topological polar surface area (TPSA) is 56.8 Å². The lowest BCUT2D eigenvalue weighted by atomic mass is 9.74. The molecule has 0 N–H and O–H groups in total. The Bertz CT molecular complexity index is 1050. The predicted octanol–water partition coefficient (Wildman–Crippen LogP) is 5.28. The molecule has 3 aliphatic rings. The van der Waals surface area contributed by atoms with Crippen LogP contribution < -0.4 is 0 Å². The molecule has 0 unspecified atom stereocenters. The molecule has 1 aliphatic carbocycles. The zero-order valence-corrected chi connectivity index (χ0v) is 21.9. The van der Waals surface area contributed by atoms with Gasteiger partial charge in [-0.25, -0.2) is 4.79 Å². The van der Waals surface area contributed by atoms with Crippen molar-refractivity contribution in [2.45, 2.75) is 83.3 Å². The number of rotatable bonds is 7. The molecule has 36 heavy (non-hydrogen) atoms. The molecule has 3 amide bonds. The van der Waals surface area contributed by atoms with Crippen LogP contribution in [-0.2, 0) is 17.8 Å². The van der Waals surface area contributed by atoms with E-state index in [1.807, 2.05) is 41.4 Å². The van der Waals surface area contributed by atoms with E-state index in [9.17, 15) is 9.59 Å². The Balaban J connectivity index is 1.32. The standard InChI is InChI=1S/C30H40N4O2/c1-29(2)14-6-13-26(21-29)32-19-15-30(16-20-32)27(35)33(18-8-12-24-11-7-17-31-22-24)28(36)34(30)23-25-9-4-3-5-10-25/h3-5,7,9-11,17,22,26H,6,8,12-16,18-21,23H2,1-2H3/t26-/m0/s1. The fourth-order valence-electron chi connectivity index (χ4n) is 6.66. The van der Waals surface area contributed by atoms with Gasteiger partial charge in [-0.1, -0.05) is 56.7 Å². The number of aryl methyl sites for hydroxylation is 1. The number of piperidine rings is 1. The van der Waals surface area contributed by atoms with Crippen LogP contribution in [0.3, 0.4) is 0 Å². The Labute approximate surface area is 215 Å². The second-order valence-electron chi connectivity index (χ2n) is 11.8. The molecule has 2 aromatic rings. The van der Waals surface area contributed by atoms with Gasteiger partial charge in [0.15, 0.2) is 0 Å². The largest absolute Gasteiger partial charge is 0.327 e. The van der Waals surface area contributed by atoms with Crippen LogP contribution in [0.5, 0.6) is 0 Å². The Morgan fingerprint density at radius 3 is 2.42 bits per heavy atom. The van der Waals surface area contributed by atoms with Gasteiger partial charge in [-0.15, -0.1) is 0 Å². The number of imide groups is 1. The molecule has 0 radical (unpaired) electrons. The summed E-state index contributed by atoms with van der Waals surface area (Å²) in [4.78, 5) is 37.9. The van der Waals surface area contributed by atoms with E-state index in [4.69, 9.17) is 0 Å². The first-order valence-corrected chi connectivity index (χ1v) is 13.7. The van der Waals surface area contributed by atoms with Gasteiger partial charge in [0.05, 0.1) is 0 Å². The van der Waals surface area contributed by atoms with Crippen LogP contribution in [0.15, 0.2) is 54.9 Å². The van der Waals surface area contributed by atoms with Crippen LogP contribution >= 0.6 is 0 Å². The number of urea groups is 1. The van der Waals surface area contributed by atoms with Gasteiger partial charge >= 0.3 is 6.03 Å². The lowest BCUT2D eigenvalue weighted by Gasteiger charge is -2.47. The fraction of sp³-hybridized carbons (Fsp3) is 0.567. The third-order valence-electron chi connectivity index (χ3n) is 8.70. The number of aromatic nitrogens is 1. The number of benzene rings is 1. The van der Waals surface area contributed by atoms with Gasteiger partial charge in [0.1, 0.15) is 5.54 Å². The van der Waals surface area contributed by atoms with Gasteiger partial charge in [0.25, 0.3) is 5.91 Å². The SMILES string of the molecule is CC1(C)CCC[C@H](N2CCC3(CC2)C(=O)N(CCCc2cccnc2)C(=O)N3Cc2ccccc2)C1. The number of likely N-dealkylation sites (tertiary alicyclic amines) is 1. The average Bonchev–Trinajstić information content (AvgIpc) is 3.06. The first kappa shape index (κ1) is 24.9. The second-order valence-corrected chi connectivity index (χ2v) is 11.8. The fourth-order valence-corrected chi connectivity index (χ4v) is 6.66. The van der Waals surface area contributed by atoms with E-state index in [-0.39, 0.29) is 11.9 Å². The number of amides is 3. The van der Waals surface area contributed by atoms with Gasteiger partial charge in [0.2, 0.25) is 0 Å². The molecule has 192 valence electrons. The van der Waals surface area contributed by atoms with Crippen LogP contribution in [0, 0.1) is 5.41 Å². The van der Waals surface area contributed by atoms with Crippen molar-refractivity contribution in [1.82, 2.24) is 19.7 Å². The molecule has 3 heterocycles. The van der Waals surface area contributed by atoms with Gasteiger partial charge in [-0.05, 0) is 67.6 Å². The minimum absolute atomic E-state index is 0.0123. The van der Waals surface area contributed by atoms with Crippen LogP contribution in [0.2, 0.25) is 0 Å². The lowest BCUT2D eigenvalue weighted by Crippen LogP contribution is -2.58. The van der Waals surface area contributed by atoms with Crippen LogP contribution in [0.1, 0.15) is 69.9 Å². The molecule has 5 rings (SSSR count). The molecule has 1 aromatic carbocycles. The highest BCUT2D eigenvalue weighted by Crippen LogP contribution is 2.42. The zero-order valence-electron chi connectivity index (χ0n) is 21.9. The van der Waals surface area contributed by atoms with Crippen molar-refractivity contribution in [2.75, 3.05) is 19.6 Å². The molecular weight excluding hydrogens is 448 g/mol. The van der Waals surface area contributed by atoms with E-state index in [2.05, 4.69) is 35.9 Å². The summed E-state index contributed by atoms with van der Waals surface area (Å²) in [6, 6.07) is 14.5. The molecular formula is C30H40N4O2.